The number of carbonyl (C=O) groups excluding carboxylic acids is 2. The summed E-state index contributed by atoms with van der Waals surface area (Å²) in [6.07, 6.45) is 1.87. The summed E-state index contributed by atoms with van der Waals surface area (Å²) >= 11 is 0. The molecule has 1 N–H and O–H groups in total. The molecule has 1 heterocycles. The Labute approximate surface area is 127 Å². The standard InChI is InChI=1S/C15H29N3O3/c1-13(2)5-11-21-12-6-16-15(20)18-8-4-7-17(9-10-18)14(3)19/h13H,4-12H2,1-3H3,(H,16,20). The minimum atomic E-state index is -0.0622. The van der Waals surface area contributed by atoms with Crippen LogP contribution in [0.15, 0.2) is 0 Å². The van der Waals surface area contributed by atoms with Crippen LogP contribution in [0.5, 0.6) is 0 Å². The van der Waals surface area contributed by atoms with E-state index in [1.54, 1.807) is 16.7 Å². The summed E-state index contributed by atoms with van der Waals surface area (Å²) in [5.41, 5.74) is 0. The van der Waals surface area contributed by atoms with Crippen molar-refractivity contribution in [3.8, 4) is 0 Å². The highest BCUT2D eigenvalue weighted by Crippen LogP contribution is 2.03. The molecule has 0 radical (unpaired) electrons. The van der Waals surface area contributed by atoms with Crippen molar-refractivity contribution in [3.63, 3.8) is 0 Å². The Kier molecular flexibility index (Phi) is 8.12. The monoisotopic (exact) mass is 299 g/mol. The van der Waals surface area contributed by atoms with E-state index in [0.29, 0.717) is 38.7 Å². The Hall–Kier alpha value is -1.30. The van der Waals surface area contributed by atoms with Gasteiger partial charge in [0, 0.05) is 46.3 Å². The van der Waals surface area contributed by atoms with Gasteiger partial charge in [0.2, 0.25) is 5.91 Å². The molecule has 6 nitrogen and oxygen atoms in total. The molecule has 1 aliphatic heterocycles. The lowest BCUT2D eigenvalue weighted by molar-refractivity contribution is -0.128. The molecule has 1 fully saturated rings. The van der Waals surface area contributed by atoms with E-state index < -0.39 is 0 Å². The van der Waals surface area contributed by atoms with Crippen molar-refractivity contribution in [2.75, 3.05) is 45.9 Å². The van der Waals surface area contributed by atoms with Crippen LogP contribution in [-0.4, -0.2) is 67.7 Å². The van der Waals surface area contributed by atoms with Gasteiger partial charge in [0.25, 0.3) is 0 Å². The Balaban J connectivity index is 2.16. The maximum Gasteiger partial charge on any atom is 0.317 e. The lowest BCUT2D eigenvalue weighted by Crippen LogP contribution is -2.43. The number of hydrogen-bond acceptors (Lipinski definition) is 3. The third kappa shape index (κ3) is 7.32. The first-order valence-electron chi connectivity index (χ1n) is 7.86. The smallest absolute Gasteiger partial charge is 0.317 e. The largest absolute Gasteiger partial charge is 0.380 e. The zero-order chi connectivity index (χ0) is 15.7. The summed E-state index contributed by atoms with van der Waals surface area (Å²) in [5, 5.41) is 2.87. The molecule has 1 saturated heterocycles. The Morgan fingerprint density at radius 3 is 2.43 bits per heavy atom. The van der Waals surface area contributed by atoms with E-state index in [1.807, 2.05) is 0 Å². The molecule has 0 saturated carbocycles. The van der Waals surface area contributed by atoms with Crippen molar-refractivity contribution in [1.82, 2.24) is 15.1 Å². The topological polar surface area (TPSA) is 61.9 Å². The molecule has 0 atom stereocenters. The molecule has 1 rings (SSSR count). The minimum absolute atomic E-state index is 0.0622. The number of urea groups is 1. The van der Waals surface area contributed by atoms with Crippen LogP contribution in [0.2, 0.25) is 0 Å². The van der Waals surface area contributed by atoms with E-state index in [2.05, 4.69) is 19.2 Å². The molecule has 21 heavy (non-hydrogen) atoms. The lowest BCUT2D eigenvalue weighted by Gasteiger charge is -2.21. The van der Waals surface area contributed by atoms with Gasteiger partial charge < -0.3 is 19.9 Å². The summed E-state index contributed by atoms with van der Waals surface area (Å²) in [5.74, 6) is 0.719. The third-order valence-electron chi connectivity index (χ3n) is 3.59. The molecule has 0 aromatic heterocycles. The van der Waals surface area contributed by atoms with Crippen molar-refractivity contribution < 1.29 is 14.3 Å². The summed E-state index contributed by atoms with van der Waals surface area (Å²) in [4.78, 5) is 26.9. The summed E-state index contributed by atoms with van der Waals surface area (Å²) in [6.45, 7) is 10.4. The van der Waals surface area contributed by atoms with E-state index in [-0.39, 0.29) is 11.9 Å². The second-order valence-corrected chi connectivity index (χ2v) is 5.87. The fourth-order valence-electron chi connectivity index (χ4n) is 2.20. The van der Waals surface area contributed by atoms with Gasteiger partial charge in [-0.2, -0.15) is 0 Å². The van der Waals surface area contributed by atoms with Crippen LogP contribution in [0.4, 0.5) is 4.79 Å². The number of rotatable bonds is 6. The SMILES string of the molecule is CC(=O)N1CCCN(C(=O)NCCOCCC(C)C)CC1. The molecule has 122 valence electrons. The van der Waals surface area contributed by atoms with Gasteiger partial charge >= 0.3 is 6.03 Å². The van der Waals surface area contributed by atoms with E-state index in [9.17, 15) is 9.59 Å². The number of ether oxygens (including phenoxy) is 1. The average molecular weight is 299 g/mol. The van der Waals surface area contributed by atoms with Gasteiger partial charge in [-0.1, -0.05) is 13.8 Å². The molecule has 0 spiro atoms. The Morgan fingerprint density at radius 2 is 1.76 bits per heavy atom. The van der Waals surface area contributed by atoms with Crippen LogP contribution in [-0.2, 0) is 9.53 Å². The first-order chi connectivity index (χ1) is 10.0. The molecule has 1 aliphatic rings. The van der Waals surface area contributed by atoms with Crippen molar-refractivity contribution in [1.29, 1.82) is 0 Å². The predicted octanol–water partition coefficient (Wildman–Crippen LogP) is 1.31. The van der Waals surface area contributed by atoms with Gasteiger partial charge in [-0.25, -0.2) is 4.79 Å². The summed E-state index contributed by atoms with van der Waals surface area (Å²) < 4.78 is 5.47. The van der Waals surface area contributed by atoms with Crippen LogP contribution in [0.1, 0.15) is 33.6 Å². The maximum atomic E-state index is 12.0. The number of nitrogens with one attached hydrogen (secondary N) is 1. The van der Waals surface area contributed by atoms with Crippen LogP contribution in [0.25, 0.3) is 0 Å². The van der Waals surface area contributed by atoms with Crippen LogP contribution >= 0.6 is 0 Å². The number of carbonyl (C=O) groups is 2. The first-order valence-corrected chi connectivity index (χ1v) is 7.86. The molecule has 0 aliphatic carbocycles. The molecule has 0 aromatic rings. The quantitative estimate of drug-likeness (QED) is 0.752. The summed E-state index contributed by atoms with van der Waals surface area (Å²) in [7, 11) is 0. The normalized spacial score (nSPS) is 16.0. The first kappa shape index (κ1) is 17.8. The average Bonchev–Trinajstić information content (AvgIpc) is 2.68. The minimum Gasteiger partial charge on any atom is -0.380 e. The lowest BCUT2D eigenvalue weighted by atomic mass is 10.1. The van der Waals surface area contributed by atoms with E-state index in [4.69, 9.17) is 4.74 Å². The molecule has 6 heteroatoms. The highest BCUT2D eigenvalue weighted by atomic mass is 16.5. The Morgan fingerprint density at radius 1 is 1.10 bits per heavy atom. The van der Waals surface area contributed by atoms with Gasteiger partial charge in [0.15, 0.2) is 0 Å². The van der Waals surface area contributed by atoms with Crippen LogP contribution in [0.3, 0.4) is 0 Å². The fraction of sp³-hybridized carbons (Fsp3) is 0.867. The number of amides is 3. The molecule has 0 aromatic carbocycles. The van der Waals surface area contributed by atoms with Gasteiger partial charge in [0.05, 0.1) is 6.61 Å². The molecule has 0 bridgehead atoms. The molecule has 0 unspecified atom stereocenters. The van der Waals surface area contributed by atoms with Crippen molar-refractivity contribution >= 4 is 11.9 Å². The van der Waals surface area contributed by atoms with Crippen molar-refractivity contribution in [3.05, 3.63) is 0 Å². The molecule has 3 amide bonds. The summed E-state index contributed by atoms with van der Waals surface area (Å²) in [6, 6.07) is -0.0622. The Bertz CT molecular complexity index is 334. The third-order valence-corrected chi connectivity index (χ3v) is 3.59. The van der Waals surface area contributed by atoms with Gasteiger partial charge in [0.1, 0.15) is 0 Å². The van der Waals surface area contributed by atoms with Gasteiger partial charge in [-0.3, -0.25) is 4.79 Å². The number of nitrogens with zero attached hydrogens (tertiary/aromatic N) is 2. The van der Waals surface area contributed by atoms with Gasteiger partial charge in [-0.15, -0.1) is 0 Å². The second-order valence-electron chi connectivity index (χ2n) is 5.87. The van der Waals surface area contributed by atoms with Crippen molar-refractivity contribution in [2.24, 2.45) is 5.92 Å². The van der Waals surface area contributed by atoms with E-state index in [1.165, 1.54) is 0 Å². The zero-order valence-electron chi connectivity index (χ0n) is 13.6. The van der Waals surface area contributed by atoms with E-state index >= 15 is 0 Å². The van der Waals surface area contributed by atoms with Crippen LogP contribution in [0, 0.1) is 5.92 Å². The van der Waals surface area contributed by atoms with Gasteiger partial charge in [-0.05, 0) is 18.8 Å². The predicted molar refractivity (Wildman–Crippen MR) is 82.1 cm³/mol. The second kappa shape index (κ2) is 9.60. The molecular formula is C15H29N3O3. The zero-order valence-corrected chi connectivity index (χ0v) is 13.6. The maximum absolute atomic E-state index is 12.0. The van der Waals surface area contributed by atoms with Crippen LogP contribution < -0.4 is 5.32 Å². The molecular weight excluding hydrogens is 270 g/mol. The van der Waals surface area contributed by atoms with E-state index in [0.717, 1.165) is 26.0 Å². The highest BCUT2D eigenvalue weighted by Gasteiger charge is 2.19. The highest BCUT2D eigenvalue weighted by molar-refractivity contribution is 5.75. The van der Waals surface area contributed by atoms with Crippen molar-refractivity contribution in [2.45, 2.75) is 33.6 Å². The number of hydrogen-bond donors (Lipinski definition) is 1. The fourth-order valence-corrected chi connectivity index (χ4v) is 2.20.